The van der Waals surface area contributed by atoms with E-state index in [-0.39, 0.29) is 18.8 Å². The Morgan fingerprint density at radius 1 is 1.31 bits per heavy atom. The van der Waals surface area contributed by atoms with E-state index in [1.807, 2.05) is 19.9 Å². The highest BCUT2D eigenvalue weighted by Crippen LogP contribution is 2.32. The molecule has 0 radical (unpaired) electrons. The number of carbonyl (C=O) groups excluding carboxylic acids is 1. The fraction of sp³-hybridized carbons (Fsp3) is 0.333. The van der Waals surface area contributed by atoms with Crippen molar-refractivity contribution in [2.24, 2.45) is 0 Å². The minimum Gasteiger partial charge on any atom is -0.497 e. The standard InChI is InChI=1S/C18H19F2N3O3/c1-18(2)10-23(9-11-4-5-12(25-3)8-14(11)26-18)17(24)21-13-6-7-15(19)22-16(13)20/h4-8H,9-10H2,1-3H3,(H,21,24). The molecule has 2 heterocycles. The number of methoxy groups -OCH3 is 1. The van der Waals surface area contributed by atoms with Crippen molar-refractivity contribution in [3.05, 3.63) is 47.8 Å². The van der Waals surface area contributed by atoms with Crippen LogP contribution in [0.3, 0.4) is 0 Å². The molecule has 0 bridgehead atoms. The second-order valence-corrected chi connectivity index (χ2v) is 6.59. The van der Waals surface area contributed by atoms with Crippen LogP contribution in [0, 0.1) is 11.9 Å². The zero-order valence-electron chi connectivity index (χ0n) is 14.7. The first-order valence-electron chi connectivity index (χ1n) is 8.01. The van der Waals surface area contributed by atoms with Crippen molar-refractivity contribution in [2.75, 3.05) is 19.0 Å². The van der Waals surface area contributed by atoms with E-state index in [2.05, 4.69) is 10.3 Å². The third kappa shape index (κ3) is 3.84. The van der Waals surface area contributed by atoms with Gasteiger partial charge in [0.2, 0.25) is 11.9 Å². The van der Waals surface area contributed by atoms with Gasteiger partial charge in [-0.15, -0.1) is 0 Å². The molecule has 0 fully saturated rings. The van der Waals surface area contributed by atoms with Gasteiger partial charge < -0.3 is 19.7 Å². The van der Waals surface area contributed by atoms with E-state index >= 15 is 0 Å². The van der Waals surface area contributed by atoms with Gasteiger partial charge in [0.25, 0.3) is 0 Å². The summed E-state index contributed by atoms with van der Waals surface area (Å²) in [6.45, 7) is 4.24. The number of rotatable bonds is 2. The summed E-state index contributed by atoms with van der Waals surface area (Å²) in [6, 6.07) is 6.94. The molecule has 1 N–H and O–H groups in total. The van der Waals surface area contributed by atoms with Gasteiger partial charge in [-0.1, -0.05) is 0 Å². The highest BCUT2D eigenvalue weighted by molar-refractivity contribution is 5.89. The first-order valence-corrected chi connectivity index (χ1v) is 8.01. The van der Waals surface area contributed by atoms with Gasteiger partial charge >= 0.3 is 6.03 Å². The number of urea groups is 1. The van der Waals surface area contributed by atoms with Crippen molar-refractivity contribution in [1.82, 2.24) is 9.88 Å². The molecular weight excluding hydrogens is 344 g/mol. The lowest BCUT2D eigenvalue weighted by Gasteiger charge is -2.29. The number of nitrogens with one attached hydrogen (secondary N) is 1. The average Bonchev–Trinajstić information content (AvgIpc) is 2.71. The monoisotopic (exact) mass is 363 g/mol. The molecule has 1 aromatic carbocycles. The summed E-state index contributed by atoms with van der Waals surface area (Å²) in [6.07, 6.45) is 0. The lowest BCUT2D eigenvalue weighted by Crippen LogP contribution is -2.45. The summed E-state index contributed by atoms with van der Waals surface area (Å²) in [5.41, 5.74) is -0.0623. The van der Waals surface area contributed by atoms with Gasteiger partial charge in [0.1, 0.15) is 17.1 Å². The molecule has 138 valence electrons. The normalized spacial score (nSPS) is 15.5. The molecule has 0 spiro atoms. The van der Waals surface area contributed by atoms with Crippen LogP contribution in [0.1, 0.15) is 19.4 Å². The Morgan fingerprint density at radius 2 is 2.08 bits per heavy atom. The molecule has 8 heteroatoms. The second kappa shape index (κ2) is 6.78. The van der Waals surface area contributed by atoms with Crippen molar-refractivity contribution >= 4 is 11.7 Å². The molecule has 1 aliphatic heterocycles. The fourth-order valence-electron chi connectivity index (χ4n) is 2.78. The zero-order chi connectivity index (χ0) is 18.9. The summed E-state index contributed by atoms with van der Waals surface area (Å²) >= 11 is 0. The number of pyridine rings is 1. The van der Waals surface area contributed by atoms with Crippen LogP contribution in [0.15, 0.2) is 30.3 Å². The predicted octanol–water partition coefficient (Wildman–Crippen LogP) is 3.57. The SMILES string of the molecule is COc1ccc2c(c1)OC(C)(C)CN(C(=O)Nc1ccc(F)nc1F)C2. The van der Waals surface area contributed by atoms with Crippen molar-refractivity contribution in [3.8, 4) is 11.5 Å². The number of benzene rings is 1. The number of hydrogen-bond donors (Lipinski definition) is 1. The van der Waals surface area contributed by atoms with E-state index in [4.69, 9.17) is 9.47 Å². The van der Waals surface area contributed by atoms with E-state index < -0.39 is 23.5 Å². The lowest BCUT2D eigenvalue weighted by molar-refractivity contribution is 0.0833. The van der Waals surface area contributed by atoms with Gasteiger partial charge in [0.05, 0.1) is 25.9 Å². The van der Waals surface area contributed by atoms with Crippen LogP contribution in [0.5, 0.6) is 11.5 Å². The van der Waals surface area contributed by atoms with Crippen molar-refractivity contribution < 1.29 is 23.0 Å². The Morgan fingerprint density at radius 3 is 2.77 bits per heavy atom. The highest BCUT2D eigenvalue weighted by atomic mass is 19.1. The largest absolute Gasteiger partial charge is 0.497 e. The third-order valence-electron chi connectivity index (χ3n) is 3.94. The van der Waals surface area contributed by atoms with E-state index in [1.54, 1.807) is 19.2 Å². The number of amides is 2. The van der Waals surface area contributed by atoms with Gasteiger partial charge in [-0.3, -0.25) is 0 Å². The second-order valence-electron chi connectivity index (χ2n) is 6.59. The summed E-state index contributed by atoms with van der Waals surface area (Å²) < 4.78 is 37.9. The number of halogens is 2. The maximum absolute atomic E-state index is 13.7. The molecule has 1 aliphatic rings. The van der Waals surface area contributed by atoms with Gasteiger partial charge in [-0.05, 0) is 38.1 Å². The molecule has 0 saturated heterocycles. The number of fused-ring (bicyclic) bond motifs is 1. The van der Waals surface area contributed by atoms with Crippen LogP contribution >= 0.6 is 0 Å². The summed E-state index contributed by atoms with van der Waals surface area (Å²) in [4.78, 5) is 17.2. The van der Waals surface area contributed by atoms with E-state index in [0.717, 1.165) is 17.7 Å². The summed E-state index contributed by atoms with van der Waals surface area (Å²) in [7, 11) is 1.56. The molecule has 0 atom stereocenters. The zero-order valence-corrected chi connectivity index (χ0v) is 14.7. The summed E-state index contributed by atoms with van der Waals surface area (Å²) in [5, 5.41) is 2.43. The lowest BCUT2D eigenvalue weighted by atomic mass is 10.1. The fourth-order valence-corrected chi connectivity index (χ4v) is 2.78. The quantitative estimate of drug-likeness (QED) is 0.829. The molecular formula is C18H19F2N3O3. The van der Waals surface area contributed by atoms with Gasteiger partial charge in [-0.25, -0.2) is 4.79 Å². The molecule has 2 aromatic rings. The number of hydrogen-bond acceptors (Lipinski definition) is 4. The maximum Gasteiger partial charge on any atom is 0.322 e. The summed E-state index contributed by atoms with van der Waals surface area (Å²) in [5.74, 6) is -0.752. The van der Waals surface area contributed by atoms with Crippen LogP contribution in [-0.4, -0.2) is 35.2 Å². The minimum atomic E-state index is -1.08. The van der Waals surface area contributed by atoms with E-state index in [9.17, 15) is 13.6 Å². The van der Waals surface area contributed by atoms with Crippen molar-refractivity contribution in [2.45, 2.75) is 26.0 Å². The molecule has 2 amide bonds. The highest BCUT2D eigenvalue weighted by Gasteiger charge is 2.32. The van der Waals surface area contributed by atoms with Crippen LogP contribution in [0.2, 0.25) is 0 Å². The molecule has 26 heavy (non-hydrogen) atoms. The van der Waals surface area contributed by atoms with Crippen LogP contribution in [0.25, 0.3) is 0 Å². The van der Waals surface area contributed by atoms with Crippen LogP contribution in [0.4, 0.5) is 19.3 Å². The Hall–Kier alpha value is -2.90. The Kier molecular flexibility index (Phi) is 4.67. The molecule has 0 aliphatic carbocycles. The number of anilines is 1. The Bertz CT molecular complexity index is 842. The average molecular weight is 363 g/mol. The predicted molar refractivity (Wildman–Crippen MR) is 91.3 cm³/mol. The van der Waals surface area contributed by atoms with Crippen LogP contribution in [-0.2, 0) is 6.54 Å². The first kappa shape index (κ1) is 17.9. The molecule has 3 rings (SSSR count). The van der Waals surface area contributed by atoms with Crippen molar-refractivity contribution in [1.29, 1.82) is 0 Å². The number of nitrogens with zero attached hydrogens (tertiary/aromatic N) is 2. The van der Waals surface area contributed by atoms with Crippen molar-refractivity contribution in [3.63, 3.8) is 0 Å². The van der Waals surface area contributed by atoms with Crippen LogP contribution < -0.4 is 14.8 Å². The minimum absolute atomic E-state index is 0.186. The topological polar surface area (TPSA) is 63.7 Å². The smallest absolute Gasteiger partial charge is 0.322 e. The third-order valence-corrected chi connectivity index (χ3v) is 3.94. The molecule has 0 saturated carbocycles. The van der Waals surface area contributed by atoms with Gasteiger partial charge in [0, 0.05) is 11.6 Å². The number of ether oxygens (including phenoxy) is 2. The van der Waals surface area contributed by atoms with Gasteiger partial charge in [-0.2, -0.15) is 13.8 Å². The Labute approximate surface area is 149 Å². The first-order chi connectivity index (χ1) is 12.3. The molecule has 6 nitrogen and oxygen atoms in total. The van der Waals surface area contributed by atoms with Gasteiger partial charge in [0.15, 0.2) is 0 Å². The van der Waals surface area contributed by atoms with E-state index in [0.29, 0.717) is 11.5 Å². The van der Waals surface area contributed by atoms with E-state index in [1.165, 1.54) is 4.90 Å². The molecule has 1 aromatic heterocycles. The molecule has 0 unspecified atom stereocenters. The number of aromatic nitrogens is 1. The Balaban J connectivity index is 1.85. The number of carbonyl (C=O) groups is 1. The maximum atomic E-state index is 13.7.